The molecule has 15 heavy (non-hydrogen) atoms. The van der Waals surface area contributed by atoms with Crippen LogP contribution in [0.1, 0.15) is 5.69 Å². The van der Waals surface area contributed by atoms with E-state index in [0.29, 0.717) is 15.7 Å². The minimum atomic E-state index is -0.0851. The van der Waals surface area contributed by atoms with Gasteiger partial charge in [-0.05, 0) is 24.3 Å². The van der Waals surface area contributed by atoms with Crippen molar-refractivity contribution >= 4 is 23.2 Å². The third-order valence-corrected chi connectivity index (χ3v) is 2.50. The van der Waals surface area contributed by atoms with E-state index in [1.807, 2.05) is 0 Å². The fourth-order valence-corrected chi connectivity index (χ4v) is 1.74. The molecule has 2 rings (SSSR count). The van der Waals surface area contributed by atoms with Gasteiger partial charge in [0.2, 0.25) is 0 Å². The Kier molecular flexibility index (Phi) is 2.95. The summed E-state index contributed by atoms with van der Waals surface area (Å²) in [7, 11) is 0. The lowest BCUT2D eigenvalue weighted by Crippen LogP contribution is -1.96. The molecule has 1 aromatic carbocycles. The normalized spacial score (nSPS) is 10.6. The highest BCUT2D eigenvalue weighted by Gasteiger charge is 2.05. The first-order chi connectivity index (χ1) is 7.20. The molecule has 0 aliphatic rings. The van der Waals surface area contributed by atoms with Crippen molar-refractivity contribution in [1.29, 1.82) is 0 Å². The van der Waals surface area contributed by atoms with Crippen molar-refractivity contribution in [2.45, 2.75) is 6.61 Å². The van der Waals surface area contributed by atoms with Crippen LogP contribution in [0.25, 0.3) is 5.69 Å². The standard InChI is InChI=1S/C10H8Cl2N2O/c11-7-1-2-10(9(12)5-7)14-4-3-8(6-15)13-14/h1-5,15H,6H2. The number of aromatic nitrogens is 2. The lowest BCUT2D eigenvalue weighted by Gasteiger charge is -2.04. The van der Waals surface area contributed by atoms with Crippen molar-refractivity contribution in [2.75, 3.05) is 0 Å². The number of hydrogen-bond donors (Lipinski definition) is 1. The van der Waals surface area contributed by atoms with Crippen LogP contribution in [0.2, 0.25) is 10.0 Å². The summed E-state index contributed by atoms with van der Waals surface area (Å²) >= 11 is 11.8. The Labute approximate surface area is 96.9 Å². The molecule has 2 aromatic rings. The molecule has 0 radical (unpaired) electrons. The molecule has 0 bridgehead atoms. The van der Waals surface area contributed by atoms with E-state index in [-0.39, 0.29) is 6.61 Å². The van der Waals surface area contributed by atoms with Crippen molar-refractivity contribution in [2.24, 2.45) is 0 Å². The molecule has 0 atom stereocenters. The van der Waals surface area contributed by atoms with E-state index in [1.165, 1.54) is 0 Å². The Morgan fingerprint density at radius 2 is 2.07 bits per heavy atom. The molecule has 0 aliphatic carbocycles. The highest BCUT2D eigenvalue weighted by molar-refractivity contribution is 6.35. The van der Waals surface area contributed by atoms with Gasteiger partial charge in [0, 0.05) is 11.2 Å². The summed E-state index contributed by atoms with van der Waals surface area (Å²) in [5.41, 5.74) is 1.33. The van der Waals surface area contributed by atoms with E-state index >= 15 is 0 Å². The van der Waals surface area contributed by atoms with Crippen molar-refractivity contribution in [1.82, 2.24) is 9.78 Å². The van der Waals surface area contributed by atoms with Crippen molar-refractivity contribution < 1.29 is 5.11 Å². The fourth-order valence-electron chi connectivity index (χ4n) is 1.25. The Hall–Kier alpha value is -1.03. The van der Waals surface area contributed by atoms with Crippen LogP contribution in [0.3, 0.4) is 0 Å². The molecule has 1 heterocycles. The smallest absolute Gasteiger partial charge is 0.0883 e. The molecule has 0 fully saturated rings. The number of benzene rings is 1. The maximum atomic E-state index is 8.88. The SMILES string of the molecule is OCc1ccn(-c2ccc(Cl)cc2Cl)n1. The molecule has 0 amide bonds. The number of rotatable bonds is 2. The first-order valence-electron chi connectivity index (χ1n) is 4.31. The lowest BCUT2D eigenvalue weighted by molar-refractivity contribution is 0.276. The monoisotopic (exact) mass is 242 g/mol. The number of nitrogens with zero attached hydrogens (tertiary/aromatic N) is 2. The van der Waals surface area contributed by atoms with E-state index in [4.69, 9.17) is 28.3 Å². The van der Waals surface area contributed by atoms with Crippen molar-refractivity contribution in [3.63, 3.8) is 0 Å². The van der Waals surface area contributed by atoms with Gasteiger partial charge < -0.3 is 5.11 Å². The number of aliphatic hydroxyl groups is 1. The summed E-state index contributed by atoms with van der Waals surface area (Å²) in [6.07, 6.45) is 1.74. The lowest BCUT2D eigenvalue weighted by atomic mass is 10.3. The first-order valence-corrected chi connectivity index (χ1v) is 5.07. The number of hydrogen-bond acceptors (Lipinski definition) is 2. The predicted octanol–water partition coefficient (Wildman–Crippen LogP) is 2.67. The second kappa shape index (κ2) is 4.23. The zero-order valence-corrected chi connectivity index (χ0v) is 9.20. The van der Waals surface area contributed by atoms with Crippen LogP contribution in [0.15, 0.2) is 30.5 Å². The summed E-state index contributed by atoms with van der Waals surface area (Å²) < 4.78 is 1.60. The molecule has 0 unspecified atom stereocenters. The quantitative estimate of drug-likeness (QED) is 0.880. The highest BCUT2D eigenvalue weighted by atomic mass is 35.5. The van der Waals surface area contributed by atoms with Gasteiger partial charge in [-0.2, -0.15) is 5.10 Å². The Morgan fingerprint density at radius 1 is 1.27 bits per heavy atom. The molecule has 0 spiro atoms. The second-order valence-electron chi connectivity index (χ2n) is 3.01. The second-order valence-corrected chi connectivity index (χ2v) is 3.85. The van der Waals surface area contributed by atoms with Crippen LogP contribution < -0.4 is 0 Å². The van der Waals surface area contributed by atoms with E-state index in [2.05, 4.69) is 5.10 Å². The van der Waals surface area contributed by atoms with Crippen LogP contribution in [0.5, 0.6) is 0 Å². The molecule has 1 N–H and O–H groups in total. The maximum Gasteiger partial charge on any atom is 0.0883 e. The Morgan fingerprint density at radius 3 is 2.67 bits per heavy atom. The van der Waals surface area contributed by atoms with E-state index < -0.39 is 0 Å². The fraction of sp³-hybridized carbons (Fsp3) is 0.100. The van der Waals surface area contributed by atoms with Crippen LogP contribution in [0.4, 0.5) is 0 Å². The maximum absolute atomic E-state index is 8.88. The van der Waals surface area contributed by atoms with Gasteiger partial charge in [0.1, 0.15) is 0 Å². The van der Waals surface area contributed by atoms with Gasteiger partial charge in [-0.25, -0.2) is 4.68 Å². The molecule has 5 heteroatoms. The zero-order chi connectivity index (χ0) is 10.8. The molecule has 1 aromatic heterocycles. The molecule has 0 aliphatic heterocycles. The van der Waals surface area contributed by atoms with Gasteiger partial charge in [-0.3, -0.25) is 0 Å². The van der Waals surface area contributed by atoms with Gasteiger partial charge in [-0.15, -0.1) is 0 Å². The first kappa shape index (κ1) is 10.5. The van der Waals surface area contributed by atoms with Crippen LogP contribution in [0, 0.1) is 0 Å². The average Bonchev–Trinajstić information content (AvgIpc) is 2.66. The number of aliphatic hydroxyl groups excluding tert-OH is 1. The van der Waals surface area contributed by atoms with Crippen LogP contribution in [-0.2, 0) is 6.61 Å². The summed E-state index contributed by atoms with van der Waals surface area (Å²) in [5, 5.41) is 14.1. The van der Waals surface area contributed by atoms with Gasteiger partial charge in [0.05, 0.1) is 23.0 Å². The molecular formula is C10H8Cl2N2O. The summed E-state index contributed by atoms with van der Waals surface area (Å²) in [6, 6.07) is 6.89. The molecule has 3 nitrogen and oxygen atoms in total. The minimum Gasteiger partial charge on any atom is -0.390 e. The third-order valence-electron chi connectivity index (χ3n) is 1.96. The summed E-state index contributed by atoms with van der Waals surface area (Å²) in [4.78, 5) is 0. The van der Waals surface area contributed by atoms with Crippen molar-refractivity contribution in [3.05, 3.63) is 46.2 Å². The number of halogens is 2. The predicted molar refractivity (Wildman–Crippen MR) is 59.5 cm³/mol. The third kappa shape index (κ3) is 2.15. The van der Waals surface area contributed by atoms with E-state index in [9.17, 15) is 0 Å². The van der Waals surface area contributed by atoms with E-state index in [0.717, 1.165) is 5.69 Å². The Balaban J connectivity index is 2.44. The molecular weight excluding hydrogens is 235 g/mol. The van der Waals surface area contributed by atoms with E-state index in [1.54, 1.807) is 35.1 Å². The molecule has 0 saturated heterocycles. The van der Waals surface area contributed by atoms with Crippen molar-refractivity contribution in [3.8, 4) is 5.69 Å². The van der Waals surface area contributed by atoms with Crippen LogP contribution in [-0.4, -0.2) is 14.9 Å². The van der Waals surface area contributed by atoms with Gasteiger partial charge in [-0.1, -0.05) is 23.2 Å². The molecule has 0 saturated carbocycles. The summed E-state index contributed by atoms with van der Waals surface area (Å²) in [6.45, 7) is -0.0851. The van der Waals surface area contributed by atoms with Gasteiger partial charge >= 0.3 is 0 Å². The highest BCUT2D eigenvalue weighted by Crippen LogP contribution is 2.23. The average molecular weight is 243 g/mol. The van der Waals surface area contributed by atoms with Gasteiger partial charge in [0.15, 0.2) is 0 Å². The Bertz CT molecular complexity index is 482. The topological polar surface area (TPSA) is 38.0 Å². The largest absolute Gasteiger partial charge is 0.390 e. The summed E-state index contributed by atoms with van der Waals surface area (Å²) in [5.74, 6) is 0. The zero-order valence-electron chi connectivity index (χ0n) is 7.69. The minimum absolute atomic E-state index is 0.0851. The molecule has 78 valence electrons. The van der Waals surface area contributed by atoms with Crippen LogP contribution >= 0.6 is 23.2 Å². The van der Waals surface area contributed by atoms with Gasteiger partial charge in [0.25, 0.3) is 0 Å².